The molecule has 3 aromatic heterocycles. The number of hydrogen-bond donors (Lipinski definition) is 1. The smallest absolute Gasteiger partial charge is 0.161 e. The highest BCUT2D eigenvalue weighted by atomic mass is 16.3. The van der Waals surface area contributed by atoms with E-state index in [1.54, 1.807) is 29.3 Å². The molecule has 0 unspecified atom stereocenters. The summed E-state index contributed by atoms with van der Waals surface area (Å²) in [6.07, 6.45) is 6.83. The Morgan fingerprint density at radius 2 is 2.12 bits per heavy atom. The third kappa shape index (κ3) is 1.57. The largest absolute Gasteiger partial charge is 0.391 e. The molecule has 0 fully saturated rings. The first-order valence-corrected chi connectivity index (χ1v) is 5.23. The Kier molecular flexibility index (Phi) is 2.31. The molecule has 0 bridgehead atoms. The van der Waals surface area contributed by atoms with E-state index in [2.05, 4.69) is 15.1 Å². The summed E-state index contributed by atoms with van der Waals surface area (Å²) in [4.78, 5) is 8.30. The molecule has 1 N–H and O–H groups in total. The number of aromatic nitrogens is 4. The van der Waals surface area contributed by atoms with E-state index in [4.69, 9.17) is 0 Å². The highest BCUT2D eigenvalue weighted by Crippen LogP contribution is 2.19. The van der Waals surface area contributed by atoms with Crippen LogP contribution in [0, 0.1) is 0 Å². The van der Waals surface area contributed by atoms with Crippen LogP contribution >= 0.6 is 0 Å². The SMILES string of the molecule is OCc1cnn2c(-c3cccnc3)ccnc12. The van der Waals surface area contributed by atoms with Crippen molar-refractivity contribution in [2.45, 2.75) is 6.61 Å². The second-order valence-corrected chi connectivity index (χ2v) is 3.64. The van der Waals surface area contributed by atoms with Crippen molar-refractivity contribution in [1.82, 2.24) is 19.6 Å². The zero-order valence-electron chi connectivity index (χ0n) is 8.98. The van der Waals surface area contributed by atoms with E-state index in [1.807, 2.05) is 18.2 Å². The molecule has 0 aliphatic rings. The van der Waals surface area contributed by atoms with E-state index >= 15 is 0 Å². The number of rotatable bonds is 2. The summed E-state index contributed by atoms with van der Waals surface area (Å²) in [6, 6.07) is 5.71. The molecular weight excluding hydrogens is 216 g/mol. The molecule has 0 saturated heterocycles. The molecule has 17 heavy (non-hydrogen) atoms. The van der Waals surface area contributed by atoms with Crippen LogP contribution in [-0.4, -0.2) is 24.7 Å². The number of pyridine rings is 1. The molecule has 3 aromatic rings. The number of nitrogens with zero attached hydrogens (tertiary/aromatic N) is 4. The fourth-order valence-corrected chi connectivity index (χ4v) is 1.78. The molecule has 84 valence electrons. The fraction of sp³-hybridized carbons (Fsp3) is 0.0833. The highest BCUT2D eigenvalue weighted by molar-refractivity contribution is 5.62. The third-order valence-corrected chi connectivity index (χ3v) is 2.60. The van der Waals surface area contributed by atoms with E-state index in [0.717, 1.165) is 16.8 Å². The van der Waals surface area contributed by atoms with Crippen molar-refractivity contribution in [2.24, 2.45) is 0 Å². The summed E-state index contributed by atoms with van der Waals surface area (Å²) in [7, 11) is 0. The molecule has 5 heteroatoms. The zero-order valence-corrected chi connectivity index (χ0v) is 8.98. The zero-order chi connectivity index (χ0) is 11.7. The van der Waals surface area contributed by atoms with Gasteiger partial charge in [-0.3, -0.25) is 4.98 Å². The fourth-order valence-electron chi connectivity index (χ4n) is 1.78. The highest BCUT2D eigenvalue weighted by Gasteiger charge is 2.08. The second kappa shape index (κ2) is 3.95. The maximum absolute atomic E-state index is 9.18. The first-order chi connectivity index (χ1) is 8.40. The van der Waals surface area contributed by atoms with E-state index in [1.165, 1.54) is 0 Å². The van der Waals surface area contributed by atoms with Crippen molar-refractivity contribution in [3.63, 3.8) is 0 Å². The minimum Gasteiger partial charge on any atom is -0.391 e. The van der Waals surface area contributed by atoms with Gasteiger partial charge in [-0.1, -0.05) is 0 Å². The molecule has 0 radical (unpaired) electrons. The normalized spacial score (nSPS) is 10.9. The van der Waals surface area contributed by atoms with Crippen molar-refractivity contribution < 1.29 is 5.11 Å². The van der Waals surface area contributed by atoms with Gasteiger partial charge in [0.2, 0.25) is 0 Å². The predicted molar refractivity (Wildman–Crippen MR) is 62.1 cm³/mol. The number of aliphatic hydroxyl groups is 1. The van der Waals surface area contributed by atoms with Crippen LogP contribution in [0.2, 0.25) is 0 Å². The van der Waals surface area contributed by atoms with Gasteiger partial charge >= 0.3 is 0 Å². The van der Waals surface area contributed by atoms with E-state index in [-0.39, 0.29) is 6.61 Å². The lowest BCUT2D eigenvalue weighted by Crippen LogP contribution is -1.96. The van der Waals surface area contributed by atoms with Crippen LogP contribution in [0.4, 0.5) is 0 Å². The van der Waals surface area contributed by atoms with Gasteiger partial charge in [0, 0.05) is 29.7 Å². The lowest BCUT2D eigenvalue weighted by atomic mass is 10.2. The molecular formula is C12H10N4O. The standard InChI is InChI=1S/C12H10N4O/c17-8-10-7-15-16-11(3-5-14-12(10)16)9-2-1-4-13-6-9/h1-7,17H,8H2. The first-order valence-electron chi connectivity index (χ1n) is 5.23. The summed E-state index contributed by atoms with van der Waals surface area (Å²) < 4.78 is 1.71. The molecule has 3 rings (SSSR count). The van der Waals surface area contributed by atoms with E-state index < -0.39 is 0 Å². The van der Waals surface area contributed by atoms with Crippen LogP contribution in [0.3, 0.4) is 0 Å². The predicted octanol–water partition coefficient (Wildman–Crippen LogP) is 1.28. The number of hydrogen-bond acceptors (Lipinski definition) is 4. The average molecular weight is 226 g/mol. The first kappa shape index (κ1) is 9.92. The van der Waals surface area contributed by atoms with Gasteiger partial charge in [0.25, 0.3) is 0 Å². The van der Waals surface area contributed by atoms with Gasteiger partial charge in [-0.05, 0) is 18.2 Å². The van der Waals surface area contributed by atoms with Gasteiger partial charge in [-0.25, -0.2) is 9.50 Å². The van der Waals surface area contributed by atoms with Crippen molar-refractivity contribution in [3.8, 4) is 11.3 Å². The Bertz CT molecular complexity index is 648. The van der Waals surface area contributed by atoms with Gasteiger partial charge in [-0.2, -0.15) is 5.10 Å². The van der Waals surface area contributed by atoms with Crippen LogP contribution in [0.15, 0.2) is 43.0 Å². The van der Waals surface area contributed by atoms with Crippen LogP contribution < -0.4 is 0 Å². The van der Waals surface area contributed by atoms with Gasteiger partial charge in [-0.15, -0.1) is 0 Å². The maximum atomic E-state index is 9.18. The number of fused-ring (bicyclic) bond motifs is 1. The van der Waals surface area contributed by atoms with Crippen LogP contribution in [0.25, 0.3) is 16.9 Å². The molecule has 0 saturated carbocycles. The lowest BCUT2D eigenvalue weighted by Gasteiger charge is -2.03. The van der Waals surface area contributed by atoms with E-state index in [9.17, 15) is 5.11 Å². The molecule has 0 aromatic carbocycles. The molecule has 3 heterocycles. The van der Waals surface area contributed by atoms with Crippen molar-refractivity contribution in [1.29, 1.82) is 0 Å². The summed E-state index contributed by atoms with van der Waals surface area (Å²) >= 11 is 0. The summed E-state index contributed by atoms with van der Waals surface area (Å²) in [6.45, 7) is -0.0625. The molecule has 0 aliphatic heterocycles. The van der Waals surface area contributed by atoms with Crippen LogP contribution in [0.1, 0.15) is 5.56 Å². The van der Waals surface area contributed by atoms with Crippen LogP contribution in [0.5, 0.6) is 0 Å². The Labute approximate surface area is 97.4 Å². The third-order valence-electron chi connectivity index (χ3n) is 2.60. The Morgan fingerprint density at radius 1 is 1.18 bits per heavy atom. The Morgan fingerprint density at radius 3 is 2.88 bits per heavy atom. The average Bonchev–Trinajstić information content (AvgIpc) is 2.82. The summed E-state index contributed by atoms with van der Waals surface area (Å²) in [5, 5.41) is 13.4. The second-order valence-electron chi connectivity index (χ2n) is 3.64. The van der Waals surface area contributed by atoms with Gasteiger partial charge in [0.1, 0.15) is 0 Å². The van der Waals surface area contributed by atoms with Crippen LogP contribution in [-0.2, 0) is 6.61 Å². The minimum absolute atomic E-state index is 0.0625. The Balaban J connectivity index is 2.28. The van der Waals surface area contributed by atoms with Gasteiger partial charge in [0.05, 0.1) is 18.5 Å². The van der Waals surface area contributed by atoms with Gasteiger partial charge in [0.15, 0.2) is 5.65 Å². The molecule has 5 nitrogen and oxygen atoms in total. The number of aliphatic hydroxyl groups excluding tert-OH is 1. The quantitative estimate of drug-likeness (QED) is 0.715. The monoisotopic (exact) mass is 226 g/mol. The molecule has 0 amide bonds. The summed E-state index contributed by atoms with van der Waals surface area (Å²) in [5.74, 6) is 0. The van der Waals surface area contributed by atoms with Crippen molar-refractivity contribution >= 4 is 5.65 Å². The maximum Gasteiger partial charge on any atom is 0.161 e. The minimum atomic E-state index is -0.0625. The molecule has 0 aliphatic carbocycles. The Hall–Kier alpha value is -2.27. The van der Waals surface area contributed by atoms with Crippen molar-refractivity contribution in [3.05, 3.63) is 48.5 Å². The van der Waals surface area contributed by atoms with E-state index in [0.29, 0.717) is 5.65 Å². The molecule has 0 atom stereocenters. The molecule has 0 spiro atoms. The topological polar surface area (TPSA) is 63.3 Å². The lowest BCUT2D eigenvalue weighted by molar-refractivity contribution is 0.283. The van der Waals surface area contributed by atoms with Gasteiger partial charge < -0.3 is 5.11 Å². The summed E-state index contributed by atoms with van der Waals surface area (Å²) in [5.41, 5.74) is 3.26. The van der Waals surface area contributed by atoms with Crippen molar-refractivity contribution in [2.75, 3.05) is 0 Å².